The summed E-state index contributed by atoms with van der Waals surface area (Å²) in [5.41, 5.74) is -0.277. The number of hydrogen-bond acceptors (Lipinski definition) is 3. The molecule has 6 heteroatoms. The van der Waals surface area contributed by atoms with Crippen molar-refractivity contribution in [1.82, 2.24) is 10.2 Å². The minimum absolute atomic E-state index is 0.0865. The molecule has 2 N–H and O–H groups in total. The zero-order valence-electron chi connectivity index (χ0n) is 13.2. The highest BCUT2D eigenvalue weighted by molar-refractivity contribution is 4.83. The third kappa shape index (κ3) is 6.53. The van der Waals surface area contributed by atoms with Gasteiger partial charge in [0, 0.05) is 5.54 Å². The van der Waals surface area contributed by atoms with Crippen LogP contribution in [0.5, 0.6) is 0 Å². The van der Waals surface area contributed by atoms with Gasteiger partial charge in [0.2, 0.25) is 0 Å². The van der Waals surface area contributed by atoms with Gasteiger partial charge in [0.1, 0.15) is 0 Å². The number of halogens is 3. The molecule has 1 atom stereocenters. The Kier molecular flexibility index (Phi) is 7.44. The molecular weight excluding hydrogens is 281 g/mol. The molecule has 0 bridgehead atoms. The second kappa shape index (κ2) is 8.34. The molecule has 1 unspecified atom stereocenters. The lowest BCUT2D eigenvalue weighted by Gasteiger charge is -2.34. The molecule has 1 heterocycles. The molecule has 1 aliphatic rings. The van der Waals surface area contributed by atoms with Crippen LogP contribution in [0, 0.1) is 5.92 Å². The van der Waals surface area contributed by atoms with E-state index in [4.69, 9.17) is 0 Å². The molecule has 3 nitrogen and oxygen atoms in total. The van der Waals surface area contributed by atoms with Crippen molar-refractivity contribution < 1.29 is 18.3 Å². The molecule has 21 heavy (non-hydrogen) atoms. The van der Waals surface area contributed by atoms with Gasteiger partial charge < -0.3 is 15.3 Å². The number of aliphatic hydroxyl groups is 1. The van der Waals surface area contributed by atoms with Gasteiger partial charge in [-0.3, -0.25) is 0 Å². The molecule has 1 aliphatic heterocycles. The largest absolute Gasteiger partial charge is 0.394 e. The van der Waals surface area contributed by atoms with E-state index in [9.17, 15) is 18.3 Å². The number of hydrogen-bond donors (Lipinski definition) is 2. The summed E-state index contributed by atoms with van der Waals surface area (Å²) in [4.78, 5) is 2.11. The minimum Gasteiger partial charge on any atom is -0.394 e. The SMILES string of the molecule is CCCNC(C)(CO)CCCN1CCC(C(F)(F)F)CC1. The predicted octanol–water partition coefficient (Wildman–Crippen LogP) is 2.79. The maximum Gasteiger partial charge on any atom is 0.391 e. The molecule has 0 radical (unpaired) electrons. The van der Waals surface area contributed by atoms with Crippen molar-refractivity contribution in [2.75, 3.05) is 32.8 Å². The van der Waals surface area contributed by atoms with Gasteiger partial charge in [0.25, 0.3) is 0 Å². The molecule has 126 valence electrons. The molecule has 1 fully saturated rings. The lowest BCUT2D eigenvalue weighted by Crippen LogP contribution is -2.47. The zero-order valence-corrected chi connectivity index (χ0v) is 13.2. The molecule has 1 saturated heterocycles. The van der Waals surface area contributed by atoms with Crippen LogP contribution in [-0.2, 0) is 0 Å². The maximum atomic E-state index is 12.6. The van der Waals surface area contributed by atoms with Crippen LogP contribution in [0.15, 0.2) is 0 Å². The highest BCUT2D eigenvalue weighted by Gasteiger charge is 2.40. The van der Waals surface area contributed by atoms with Crippen LogP contribution in [0.2, 0.25) is 0 Å². The average Bonchev–Trinajstić information content (AvgIpc) is 2.45. The van der Waals surface area contributed by atoms with E-state index in [1.807, 2.05) is 6.92 Å². The first-order chi connectivity index (χ1) is 9.80. The summed E-state index contributed by atoms with van der Waals surface area (Å²) >= 11 is 0. The van der Waals surface area contributed by atoms with Gasteiger partial charge in [-0.05, 0) is 65.2 Å². The Morgan fingerprint density at radius 3 is 2.33 bits per heavy atom. The first-order valence-corrected chi connectivity index (χ1v) is 7.95. The molecule has 0 aromatic rings. The Morgan fingerprint density at radius 2 is 1.86 bits per heavy atom. The lowest BCUT2D eigenvalue weighted by atomic mass is 9.94. The topological polar surface area (TPSA) is 35.5 Å². The van der Waals surface area contributed by atoms with Gasteiger partial charge in [-0.25, -0.2) is 0 Å². The fraction of sp³-hybridized carbons (Fsp3) is 1.00. The third-order valence-electron chi connectivity index (χ3n) is 4.40. The van der Waals surface area contributed by atoms with E-state index >= 15 is 0 Å². The van der Waals surface area contributed by atoms with Crippen molar-refractivity contribution in [2.24, 2.45) is 5.92 Å². The summed E-state index contributed by atoms with van der Waals surface area (Å²) in [6, 6.07) is 0. The maximum absolute atomic E-state index is 12.6. The van der Waals surface area contributed by atoms with Crippen molar-refractivity contribution in [3.63, 3.8) is 0 Å². The van der Waals surface area contributed by atoms with Crippen LogP contribution in [0.25, 0.3) is 0 Å². The molecular formula is C15H29F3N2O. The molecule has 0 saturated carbocycles. The first-order valence-electron chi connectivity index (χ1n) is 7.95. The van der Waals surface area contributed by atoms with Crippen LogP contribution in [0.1, 0.15) is 46.0 Å². The van der Waals surface area contributed by atoms with Crippen LogP contribution in [-0.4, -0.2) is 54.5 Å². The normalized spacial score (nSPS) is 21.4. The Labute approximate surface area is 125 Å². The molecule has 0 spiro atoms. The first kappa shape index (κ1) is 18.7. The Balaban J connectivity index is 2.25. The van der Waals surface area contributed by atoms with Crippen LogP contribution >= 0.6 is 0 Å². The van der Waals surface area contributed by atoms with Crippen molar-refractivity contribution >= 4 is 0 Å². The molecule has 1 rings (SSSR count). The van der Waals surface area contributed by atoms with Crippen LogP contribution < -0.4 is 5.32 Å². The van der Waals surface area contributed by atoms with Crippen molar-refractivity contribution in [1.29, 1.82) is 0 Å². The molecule has 0 aromatic carbocycles. The summed E-state index contributed by atoms with van der Waals surface area (Å²) in [6.45, 7) is 6.91. The van der Waals surface area contributed by atoms with Gasteiger partial charge in [-0.1, -0.05) is 6.92 Å². The zero-order chi connectivity index (χ0) is 15.9. The van der Waals surface area contributed by atoms with Gasteiger partial charge in [-0.2, -0.15) is 13.2 Å². The number of likely N-dealkylation sites (tertiary alicyclic amines) is 1. The van der Waals surface area contributed by atoms with Crippen LogP contribution in [0.3, 0.4) is 0 Å². The van der Waals surface area contributed by atoms with E-state index in [-0.39, 0.29) is 25.0 Å². The van der Waals surface area contributed by atoms with Gasteiger partial charge in [0.05, 0.1) is 12.5 Å². The Hall–Kier alpha value is -0.330. The Morgan fingerprint density at radius 1 is 1.24 bits per heavy atom. The number of piperidine rings is 1. The number of aliphatic hydroxyl groups excluding tert-OH is 1. The van der Waals surface area contributed by atoms with E-state index in [2.05, 4.69) is 17.1 Å². The molecule has 0 amide bonds. The fourth-order valence-electron chi connectivity index (χ4n) is 2.83. The lowest BCUT2D eigenvalue weighted by molar-refractivity contribution is -0.185. The summed E-state index contributed by atoms with van der Waals surface area (Å²) in [5, 5.41) is 12.8. The predicted molar refractivity (Wildman–Crippen MR) is 78.2 cm³/mol. The van der Waals surface area contributed by atoms with Crippen LogP contribution in [0.4, 0.5) is 13.2 Å². The summed E-state index contributed by atoms with van der Waals surface area (Å²) in [6.07, 6.45) is -0.858. The van der Waals surface area contributed by atoms with E-state index in [0.29, 0.717) is 13.1 Å². The fourth-order valence-corrected chi connectivity index (χ4v) is 2.83. The van der Waals surface area contributed by atoms with E-state index in [1.54, 1.807) is 0 Å². The molecule has 0 aliphatic carbocycles. The third-order valence-corrected chi connectivity index (χ3v) is 4.40. The summed E-state index contributed by atoms with van der Waals surface area (Å²) in [7, 11) is 0. The second-order valence-electron chi connectivity index (χ2n) is 6.41. The van der Waals surface area contributed by atoms with Gasteiger partial charge in [-0.15, -0.1) is 0 Å². The van der Waals surface area contributed by atoms with Crippen molar-refractivity contribution in [2.45, 2.75) is 57.7 Å². The summed E-state index contributed by atoms with van der Waals surface area (Å²) < 4.78 is 37.8. The smallest absolute Gasteiger partial charge is 0.391 e. The quantitative estimate of drug-likeness (QED) is 0.724. The summed E-state index contributed by atoms with van der Waals surface area (Å²) in [5.74, 6) is -1.12. The standard InChI is InChI=1S/C15H29F3N2O/c1-3-8-19-14(2,12-21)7-4-9-20-10-5-13(6-11-20)15(16,17)18/h13,19,21H,3-12H2,1-2H3. The second-order valence-corrected chi connectivity index (χ2v) is 6.41. The highest BCUT2D eigenvalue weighted by atomic mass is 19.4. The van der Waals surface area contributed by atoms with Gasteiger partial charge >= 0.3 is 6.18 Å². The monoisotopic (exact) mass is 310 g/mol. The number of nitrogens with one attached hydrogen (secondary N) is 1. The number of rotatable bonds is 8. The average molecular weight is 310 g/mol. The van der Waals surface area contributed by atoms with Gasteiger partial charge in [0.15, 0.2) is 0 Å². The minimum atomic E-state index is -4.04. The highest BCUT2D eigenvalue weighted by Crippen LogP contribution is 2.34. The number of alkyl halides is 3. The van der Waals surface area contributed by atoms with E-state index in [1.165, 1.54) is 0 Å². The molecule has 0 aromatic heterocycles. The number of nitrogens with zero attached hydrogens (tertiary/aromatic N) is 1. The van der Waals surface area contributed by atoms with Crippen molar-refractivity contribution in [3.8, 4) is 0 Å². The Bertz CT molecular complexity index is 291. The van der Waals surface area contributed by atoms with Crippen molar-refractivity contribution in [3.05, 3.63) is 0 Å². The van der Waals surface area contributed by atoms with E-state index in [0.717, 1.165) is 32.4 Å². The van der Waals surface area contributed by atoms with E-state index < -0.39 is 12.1 Å².